The molecule has 138 valence electrons. The second-order valence-corrected chi connectivity index (χ2v) is 6.40. The van der Waals surface area contributed by atoms with Gasteiger partial charge in [-0.25, -0.2) is 4.68 Å². The molecule has 4 rings (SSSR count). The van der Waals surface area contributed by atoms with E-state index in [0.717, 1.165) is 28.4 Å². The lowest BCUT2D eigenvalue weighted by atomic mass is 9.95. The maximum Gasteiger partial charge on any atom is 0.231 e. The number of carbonyl (C=O) groups excluding carboxylic acids is 1. The molecule has 3 aromatic rings. The van der Waals surface area contributed by atoms with Crippen LogP contribution in [0.1, 0.15) is 12.5 Å². The number of nitrogens with one attached hydrogen (secondary N) is 1. The standard InChI is InChI=1S/C21H21N3O3/c1-2-26-19-8-9-20-15(13-19)12-16(14-27-20)21(25)23-17-4-6-18(7-5-17)24-11-3-10-22-24/h3-11,13,16H,2,12,14H2,1H3,(H,23,25). The number of fused-ring (bicyclic) bond motifs is 1. The molecule has 27 heavy (non-hydrogen) atoms. The number of ether oxygens (including phenoxy) is 2. The molecule has 1 aromatic heterocycles. The number of hydrogen-bond acceptors (Lipinski definition) is 4. The number of hydrogen-bond donors (Lipinski definition) is 1. The van der Waals surface area contributed by atoms with Gasteiger partial charge in [0.1, 0.15) is 18.1 Å². The summed E-state index contributed by atoms with van der Waals surface area (Å²) in [6, 6.07) is 15.2. The average Bonchev–Trinajstić information content (AvgIpc) is 3.23. The summed E-state index contributed by atoms with van der Waals surface area (Å²) in [5.74, 6) is 1.34. The van der Waals surface area contributed by atoms with Crippen molar-refractivity contribution in [3.8, 4) is 17.2 Å². The number of benzene rings is 2. The fourth-order valence-electron chi connectivity index (χ4n) is 3.16. The Labute approximate surface area is 157 Å². The number of carbonyl (C=O) groups is 1. The lowest BCUT2D eigenvalue weighted by Gasteiger charge is -2.25. The Kier molecular flexibility index (Phi) is 4.78. The Hall–Kier alpha value is -3.28. The molecule has 0 fully saturated rings. The van der Waals surface area contributed by atoms with E-state index in [4.69, 9.17) is 9.47 Å². The van der Waals surface area contributed by atoms with Crippen LogP contribution in [0.15, 0.2) is 60.9 Å². The molecule has 2 heterocycles. The fraction of sp³-hybridized carbons (Fsp3) is 0.238. The van der Waals surface area contributed by atoms with Crippen LogP contribution in [-0.4, -0.2) is 28.9 Å². The molecule has 0 saturated carbocycles. The van der Waals surface area contributed by atoms with Gasteiger partial charge in [0.05, 0.1) is 18.2 Å². The zero-order valence-electron chi connectivity index (χ0n) is 15.1. The van der Waals surface area contributed by atoms with Crippen LogP contribution in [0.3, 0.4) is 0 Å². The van der Waals surface area contributed by atoms with Crippen LogP contribution in [0.2, 0.25) is 0 Å². The first-order valence-corrected chi connectivity index (χ1v) is 9.02. The van der Waals surface area contributed by atoms with Gasteiger partial charge >= 0.3 is 0 Å². The number of amides is 1. The van der Waals surface area contributed by atoms with Crippen LogP contribution in [0.4, 0.5) is 5.69 Å². The minimum Gasteiger partial charge on any atom is -0.494 e. The first kappa shape index (κ1) is 17.1. The van der Waals surface area contributed by atoms with Crippen molar-refractivity contribution in [3.05, 3.63) is 66.5 Å². The molecule has 0 bridgehead atoms. The van der Waals surface area contributed by atoms with Crippen LogP contribution in [0.5, 0.6) is 11.5 Å². The van der Waals surface area contributed by atoms with E-state index in [1.807, 2.05) is 61.7 Å². The maximum atomic E-state index is 12.7. The van der Waals surface area contributed by atoms with Crippen LogP contribution in [0.25, 0.3) is 5.69 Å². The Morgan fingerprint density at radius 1 is 1.30 bits per heavy atom. The molecule has 0 radical (unpaired) electrons. The molecule has 0 aliphatic carbocycles. The van der Waals surface area contributed by atoms with Crippen LogP contribution < -0.4 is 14.8 Å². The number of rotatable bonds is 5. The van der Waals surface area contributed by atoms with E-state index in [1.165, 1.54) is 0 Å². The summed E-state index contributed by atoms with van der Waals surface area (Å²) in [7, 11) is 0. The minimum atomic E-state index is -0.236. The van der Waals surface area contributed by atoms with Gasteiger partial charge in [-0.3, -0.25) is 4.79 Å². The molecule has 6 nitrogen and oxygen atoms in total. The Morgan fingerprint density at radius 2 is 2.15 bits per heavy atom. The number of anilines is 1. The molecule has 1 amide bonds. The summed E-state index contributed by atoms with van der Waals surface area (Å²) in [6.45, 7) is 2.93. The van der Waals surface area contributed by atoms with E-state index in [9.17, 15) is 4.79 Å². The molecule has 1 N–H and O–H groups in total. The summed E-state index contributed by atoms with van der Waals surface area (Å²) in [6.07, 6.45) is 4.24. The second kappa shape index (κ2) is 7.53. The Balaban J connectivity index is 1.42. The first-order chi connectivity index (χ1) is 13.2. The molecule has 0 spiro atoms. The highest BCUT2D eigenvalue weighted by molar-refractivity contribution is 5.93. The van der Waals surface area contributed by atoms with Gasteiger partial charge in [0, 0.05) is 18.1 Å². The van der Waals surface area contributed by atoms with Crippen molar-refractivity contribution in [3.63, 3.8) is 0 Å². The second-order valence-electron chi connectivity index (χ2n) is 6.40. The predicted octanol–water partition coefficient (Wildman–Crippen LogP) is 3.46. The van der Waals surface area contributed by atoms with Crippen molar-refractivity contribution >= 4 is 11.6 Å². The molecule has 1 unspecified atom stereocenters. The van der Waals surface area contributed by atoms with Crippen LogP contribution in [0, 0.1) is 5.92 Å². The van der Waals surface area contributed by atoms with Gasteiger partial charge in [0.15, 0.2) is 0 Å². The lowest BCUT2D eigenvalue weighted by Crippen LogP contribution is -2.32. The van der Waals surface area contributed by atoms with Gasteiger partial charge in [-0.05, 0) is 67.4 Å². The molecule has 6 heteroatoms. The number of aromatic nitrogens is 2. The van der Waals surface area contributed by atoms with Crippen molar-refractivity contribution in [1.82, 2.24) is 9.78 Å². The Morgan fingerprint density at radius 3 is 2.89 bits per heavy atom. The third-order valence-electron chi connectivity index (χ3n) is 4.52. The summed E-state index contributed by atoms with van der Waals surface area (Å²) in [5.41, 5.74) is 2.70. The van der Waals surface area contributed by atoms with Crippen molar-refractivity contribution in [2.45, 2.75) is 13.3 Å². The largest absolute Gasteiger partial charge is 0.494 e. The van der Waals surface area contributed by atoms with Gasteiger partial charge in [0.2, 0.25) is 5.91 Å². The molecular weight excluding hydrogens is 342 g/mol. The Bertz CT molecular complexity index is 920. The fourth-order valence-corrected chi connectivity index (χ4v) is 3.16. The summed E-state index contributed by atoms with van der Waals surface area (Å²) < 4.78 is 13.1. The molecular formula is C21H21N3O3. The zero-order valence-corrected chi connectivity index (χ0v) is 15.1. The quantitative estimate of drug-likeness (QED) is 0.754. The minimum absolute atomic E-state index is 0.0469. The molecule has 0 saturated heterocycles. The normalized spacial score (nSPS) is 15.5. The highest BCUT2D eigenvalue weighted by atomic mass is 16.5. The summed E-state index contributed by atoms with van der Waals surface area (Å²) >= 11 is 0. The number of nitrogens with zero attached hydrogens (tertiary/aromatic N) is 2. The highest BCUT2D eigenvalue weighted by Gasteiger charge is 2.26. The van der Waals surface area contributed by atoms with E-state index in [2.05, 4.69) is 10.4 Å². The monoisotopic (exact) mass is 363 g/mol. The van der Waals surface area contributed by atoms with Crippen LogP contribution >= 0.6 is 0 Å². The van der Waals surface area contributed by atoms with E-state index < -0.39 is 0 Å². The zero-order chi connectivity index (χ0) is 18.6. The molecule has 2 aromatic carbocycles. The van der Waals surface area contributed by atoms with Gasteiger partial charge < -0.3 is 14.8 Å². The van der Waals surface area contributed by atoms with E-state index in [-0.39, 0.29) is 11.8 Å². The maximum absolute atomic E-state index is 12.7. The lowest BCUT2D eigenvalue weighted by molar-refractivity contribution is -0.121. The summed E-state index contributed by atoms with van der Waals surface area (Å²) in [4.78, 5) is 12.7. The third kappa shape index (κ3) is 3.79. The van der Waals surface area contributed by atoms with E-state index in [1.54, 1.807) is 10.9 Å². The van der Waals surface area contributed by atoms with E-state index in [0.29, 0.717) is 19.6 Å². The topological polar surface area (TPSA) is 65.4 Å². The smallest absolute Gasteiger partial charge is 0.231 e. The SMILES string of the molecule is CCOc1ccc2c(c1)CC(C(=O)Nc1ccc(-n3cccn3)cc1)CO2. The first-order valence-electron chi connectivity index (χ1n) is 9.02. The van der Waals surface area contributed by atoms with Crippen LogP contribution in [-0.2, 0) is 11.2 Å². The average molecular weight is 363 g/mol. The van der Waals surface area contributed by atoms with Gasteiger partial charge in [-0.1, -0.05) is 0 Å². The summed E-state index contributed by atoms with van der Waals surface area (Å²) in [5, 5.41) is 7.17. The van der Waals surface area contributed by atoms with Gasteiger partial charge in [-0.2, -0.15) is 5.10 Å². The van der Waals surface area contributed by atoms with Crippen molar-refractivity contribution in [2.24, 2.45) is 5.92 Å². The predicted molar refractivity (Wildman–Crippen MR) is 102 cm³/mol. The van der Waals surface area contributed by atoms with Crippen molar-refractivity contribution in [1.29, 1.82) is 0 Å². The van der Waals surface area contributed by atoms with Gasteiger partial charge in [0.25, 0.3) is 0 Å². The van der Waals surface area contributed by atoms with Crippen molar-refractivity contribution in [2.75, 3.05) is 18.5 Å². The van der Waals surface area contributed by atoms with E-state index >= 15 is 0 Å². The molecule has 1 aliphatic rings. The third-order valence-corrected chi connectivity index (χ3v) is 4.52. The molecule has 1 atom stereocenters. The highest BCUT2D eigenvalue weighted by Crippen LogP contribution is 2.31. The van der Waals surface area contributed by atoms with Crippen molar-refractivity contribution < 1.29 is 14.3 Å². The van der Waals surface area contributed by atoms with Gasteiger partial charge in [-0.15, -0.1) is 0 Å². The molecule has 1 aliphatic heterocycles.